The summed E-state index contributed by atoms with van der Waals surface area (Å²) in [4.78, 5) is 22.2. The number of carboxylic acid groups (broad SMARTS) is 1. The number of nitrogens with one attached hydrogen (secondary N) is 2. The number of carboxylic acids is 1. The van der Waals surface area contributed by atoms with Gasteiger partial charge in [0.1, 0.15) is 0 Å². The second kappa shape index (κ2) is 11.2. The van der Waals surface area contributed by atoms with Crippen LogP contribution in [0.1, 0.15) is 52.4 Å². The molecule has 0 radical (unpaired) electrons. The van der Waals surface area contributed by atoms with Gasteiger partial charge in [-0.15, -0.1) is 12.3 Å². The first-order valence-electron chi connectivity index (χ1n) is 7.18. The van der Waals surface area contributed by atoms with Crippen LogP contribution in [0.25, 0.3) is 0 Å². The number of hydrogen-bond acceptors (Lipinski definition) is 2. The Morgan fingerprint density at radius 3 is 2.50 bits per heavy atom. The van der Waals surface area contributed by atoms with Gasteiger partial charge >= 0.3 is 12.0 Å². The minimum absolute atomic E-state index is 0.0432. The number of carbonyl (C=O) groups is 2. The molecule has 5 nitrogen and oxygen atoms in total. The molecule has 0 aliphatic carbocycles. The summed E-state index contributed by atoms with van der Waals surface area (Å²) in [6, 6.07) is -0.133. The Bertz CT molecular complexity index is 337. The molecule has 5 heteroatoms. The number of carbonyl (C=O) groups excluding carboxylic acids is 1. The molecule has 20 heavy (non-hydrogen) atoms. The molecule has 0 bridgehead atoms. The summed E-state index contributed by atoms with van der Waals surface area (Å²) in [7, 11) is 0. The average Bonchev–Trinajstić information content (AvgIpc) is 2.38. The van der Waals surface area contributed by atoms with E-state index >= 15 is 0 Å². The largest absolute Gasteiger partial charge is 0.481 e. The summed E-state index contributed by atoms with van der Waals surface area (Å²) < 4.78 is 0. The Labute approximate surface area is 121 Å². The third-order valence-electron chi connectivity index (χ3n) is 3.11. The van der Waals surface area contributed by atoms with Crippen LogP contribution in [0.15, 0.2) is 0 Å². The molecule has 0 aromatic heterocycles. The summed E-state index contributed by atoms with van der Waals surface area (Å²) in [5.41, 5.74) is 0. The first kappa shape index (κ1) is 18.3. The van der Waals surface area contributed by atoms with Crippen LogP contribution in [0.3, 0.4) is 0 Å². The maximum absolute atomic E-state index is 11.5. The smallest absolute Gasteiger partial charge is 0.314 e. The van der Waals surface area contributed by atoms with Crippen LogP contribution in [0.4, 0.5) is 4.79 Å². The van der Waals surface area contributed by atoms with Gasteiger partial charge < -0.3 is 15.7 Å². The maximum atomic E-state index is 11.5. The number of aliphatic carboxylic acids is 1. The molecular formula is C15H26N2O3. The Balaban J connectivity index is 3.60. The number of terminal acetylenes is 1. The van der Waals surface area contributed by atoms with Gasteiger partial charge in [0.05, 0.1) is 5.92 Å². The van der Waals surface area contributed by atoms with Gasteiger partial charge in [-0.2, -0.15) is 0 Å². The van der Waals surface area contributed by atoms with Crippen molar-refractivity contribution < 1.29 is 14.7 Å². The Kier molecular flexibility index (Phi) is 10.2. The summed E-state index contributed by atoms with van der Waals surface area (Å²) in [6.07, 6.45) is 9.87. The van der Waals surface area contributed by atoms with Crippen LogP contribution < -0.4 is 10.6 Å². The quantitative estimate of drug-likeness (QED) is 0.425. The third kappa shape index (κ3) is 10.2. The zero-order valence-electron chi connectivity index (χ0n) is 12.4. The molecule has 0 heterocycles. The van der Waals surface area contributed by atoms with Crippen LogP contribution in [0.5, 0.6) is 0 Å². The van der Waals surface area contributed by atoms with Crippen LogP contribution in [-0.2, 0) is 4.79 Å². The molecule has 2 unspecified atom stereocenters. The first-order chi connectivity index (χ1) is 9.47. The summed E-state index contributed by atoms with van der Waals surface area (Å²) in [5.74, 6) is 1.46. The van der Waals surface area contributed by atoms with E-state index in [0.29, 0.717) is 13.0 Å². The van der Waals surface area contributed by atoms with Gasteiger partial charge in [0.15, 0.2) is 0 Å². The number of urea groups is 1. The van der Waals surface area contributed by atoms with Crippen LogP contribution in [-0.4, -0.2) is 29.7 Å². The second-order valence-corrected chi connectivity index (χ2v) is 5.13. The molecule has 2 atom stereocenters. The SMILES string of the molecule is C#CCCCCNC(=O)NC(C)CCCC(C)C(=O)O. The van der Waals surface area contributed by atoms with Crippen molar-refractivity contribution in [2.24, 2.45) is 5.92 Å². The first-order valence-corrected chi connectivity index (χ1v) is 7.18. The molecule has 0 aliphatic rings. The number of hydrogen-bond donors (Lipinski definition) is 3. The molecule has 0 saturated heterocycles. The van der Waals surface area contributed by atoms with E-state index in [1.54, 1.807) is 6.92 Å². The fourth-order valence-electron chi connectivity index (χ4n) is 1.75. The molecule has 2 amide bonds. The molecule has 0 fully saturated rings. The monoisotopic (exact) mass is 282 g/mol. The van der Waals surface area contributed by atoms with E-state index < -0.39 is 5.97 Å². The van der Waals surface area contributed by atoms with E-state index in [4.69, 9.17) is 11.5 Å². The molecule has 0 spiro atoms. The fraction of sp³-hybridized carbons (Fsp3) is 0.733. The molecule has 3 N–H and O–H groups in total. The van der Waals surface area contributed by atoms with Crippen molar-refractivity contribution in [1.29, 1.82) is 0 Å². The molecular weight excluding hydrogens is 256 g/mol. The van der Waals surface area contributed by atoms with Crippen molar-refractivity contribution in [3.63, 3.8) is 0 Å². The van der Waals surface area contributed by atoms with E-state index in [1.807, 2.05) is 6.92 Å². The Hall–Kier alpha value is -1.70. The van der Waals surface area contributed by atoms with Gasteiger partial charge in [-0.1, -0.05) is 13.3 Å². The van der Waals surface area contributed by atoms with Crippen LogP contribution in [0, 0.1) is 18.3 Å². The number of amides is 2. The number of unbranched alkanes of at least 4 members (excludes halogenated alkanes) is 2. The van der Waals surface area contributed by atoms with Crippen LogP contribution >= 0.6 is 0 Å². The highest BCUT2D eigenvalue weighted by Gasteiger charge is 2.12. The van der Waals surface area contributed by atoms with E-state index in [1.165, 1.54) is 0 Å². The van der Waals surface area contributed by atoms with E-state index in [-0.39, 0.29) is 18.0 Å². The lowest BCUT2D eigenvalue weighted by Gasteiger charge is -2.15. The fourth-order valence-corrected chi connectivity index (χ4v) is 1.75. The number of rotatable bonds is 10. The minimum atomic E-state index is -0.768. The molecule has 0 saturated carbocycles. The van der Waals surface area contributed by atoms with Crippen molar-refractivity contribution in [2.75, 3.05) is 6.54 Å². The normalized spacial score (nSPS) is 13.1. The highest BCUT2D eigenvalue weighted by molar-refractivity contribution is 5.74. The Morgan fingerprint density at radius 2 is 1.90 bits per heavy atom. The van der Waals surface area contributed by atoms with Gasteiger partial charge in [0.25, 0.3) is 0 Å². The van der Waals surface area contributed by atoms with E-state index in [0.717, 1.165) is 32.1 Å². The minimum Gasteiger partial charge on any atom is -0.481 e. The van der Waals surface area contributed by atoms with Gasteiger partial charge in [-0.25, -0.2) is 4.79 Å². The van der Waals surface area contributed by atoms with Gasteiger partial charge in [0.2, 0.25) is 0 Å². The highest BCUT2D eigenvalue weighted by Crippen LogP contribution is 2.09. The second-order valence-electron chi connectivity index (χ2n) is 5.13. The highest BCUT2D eigenvalue weighted by atomic mass is 16.4. The van der Waals surface area contributed by atoms with Crippen molar-refractivity contribution in [3.8, 4) is 12.3 Å². The van der Waals surface area contributed by atoms with E-state index in [9.17, 15) is 9.59 Å². The Morgan fingerprint density at radius 1 is 1.20 bits per heavy atom. The van der Waals surface area contributed by atoms with E-state index in [2.05, 4.69) is 16.6 Å². The topological polar surface area (TPSA) is 78.4 Å². The molecule has 0 rings (SSSR count). The molecule has 0 aromatic carbocycles. The van der Waals surface area contributed by atoms with Crippen molar-refractivity contribution in [2.45, 2.75) is 58.4 Å². The van der Waals surface area contributed by atoms with Gasteiger partial charge in [-0.05, 0) is 32.6 Å². The van der Waals surface area contributed by atoms with Crippen molar-refractivity contribution in [3.05, 3.63) is 0 Å². The predicted octanol–water partition coefficient (Wildman–Crippen LogP) is 2.37. The third-order valence-corrected chi connectivity index (χ3v) is 3.11. The standard InChI is InChI=1S/C15H26N2O3/c1-4-5-6-7-11-16-15(20)17-13(3)10-8-9-12(2)14(18)19/h1,12-13H,5-11H2,2-3H3,(H,18,19)(H2,16,17,20). The predicted molar refractivity (Wildman–Crippen MR) is 79.3 cm³/mol. The average molecular weight is 282 g/mol. The molecule has 114 valence electrons. The lowest BCUT2D eigenvalue weighted by Crippen LogP contribution is -2.41. The van der Waals surface area contributed by atoms with Crippen LogP contribution in [0.2, 0.25) is 0 Å². The summed E-state index contributed by atoms with van der Waals surface area (Å²) in [5, 5.41) is 14.4. The zero-order valence-corrected chi connectivity index (χ0v) is 12.4. The zero-order chi connectivity index (χ0) is 15.4. The van der Waals surface area contributed by atoms with Gasteiger partial charge in [0, 0.05) is 19.0 Å². The maximum Gasteiger partial charge on any atom is 0.314 e. The molecule has 0 aromatic rings. The summed E-state index contributed by atoms with van der Waals surface area (Å²) >= 11 is 0. The van der Waals surface area contributed by atoms with Crippen molar-refractivity contribution in [1.82, 2.24) is 10.6 Å². The van der Waals surface area contributed by atoms with Crippen molar-refractivity contribution >= 4 is 12.0 Å². The molecule has 0 aliphatic heterocycles. The lowest BCUT2D eigenvalue weighted by atomic mass is 10.0. The lowest BCUT2D eigenvalue weighted by molar-refractivity contribution is -0.141. The van der Waals surface area contributed by atoms with Gasteiger partial charge in [-0.3, -0.25) is 4.79 Å². The summed E-state index contributed by atoms with van der Waals surface area (Å²) in [6.45, 7) is 4.24.